The Labute approximate surface area is 104 Å². The molecule has 1 fully saturated rings. The summed E-state index contributed by atoms with van der Waals surface area (Å²) in [5, 5.41) is -0.0393. The smallest absolute Gasteiger partial charge is 0.212 e. The summed E-state index contributed by atoms with van der Waals surface area (Å²) in [6.07, 6.45) is 1.59. The average Bonchev–Trinajstić information content (AvgIpc) is 2.19. The van der Waals surface area contributed by atoms with Gasteiger partial charge in [0.15, 0.2) is 0 Å². The Kier molecular flexibility index (Phi) is 5.08. The lowest BCUT2D eigenvalue weighted by atomic mass is 10.0. The minimum absolute atomic E-state index is 0.0393. The number of nitrogens with zero attached hydrogens (tertiary/aromatic N) is 1. The third-order valence-corrected chi connectivity index (χ3v) is 5.61. The predicted octanol–water partition coefficient (Wildman–Crippen LogP) is 2.31. The standard InChI is InChI=1S/C11H22ClNO2S/c1-9(2)5-7-16(14,15)13-6-4-10(3)11(12)8-13/h9-11H,4-8H2,1-3H3. The molecule has 16 heavy (non-hydrogen) atoms. The van der Waals surface area contributed by atoms with Crippen LogP contribution < -0.4 is 0 Å². The molecule has 1 saturated heterocycles. The van der Waals surface area contributed by atoms with Crippen molar-refractivity contribution in [2.45, 2.75) is 39.0 Å². The van der Waals surface area contributed by atoms with Gasteiger partial charge in [-0.2, -0.15) is 0 Å². The first-order valence-electron chi connectivity index (χ1n) is 5.95. The maximum atomic E-state index is 12.0. The molecule has 0 aliphatic carbocycles. The van der Waals surface area contributed by atoms with E-state index in [2.05, 4.69) is 6.92 Å². The molecule has 2 atom stereocenters. The van der Waals surface area contributed by atoms with Crippen molar-refractivity contribution in [3.8, 4) is 0 Å². The Balaban J connectivity index is 2.56. The second-order valence-electron chi connectivity index (χ2n) is 5.14. The Bertz CT molecular complexity index is 316. The zero-order valence-electron chi connectivity index (χ0n) is 10.3. The normalized spacial score (nSPS) is 28.6. The van der Waals surface area contributed by atoms with E-state index in [9.17, 15) is 8.42 Å². The van der Waals surface area contributed by atoms with Crippen LogP contribution in [0.25, 0.3) is 0 Å². The Morgan fingerprint density at radius 2 is 2.06 bits per heavy atom. The van der Waals surface area contributed by atoms with E-state index in [0.29, 0.717) is 24.9 Å². The maximum Gasteiger partial charge on any atom is 0.214 e. The van der Waals surface area contributed by atoms with E-state index in [1.807, 2.05) is 13.8 Å². The quantitative estimate of drug-likeness (QED) is 0.733. The molecule has 0 spiro atoms. The van der Waals surface area contributed by atoms with Gasteiger partial charge in [-0.25, -0.2) is 12.7 Å². The number of hydrogen-bond acceptors (Lipinski definition) is 2. The molecule has 0 N–H and O–H groups in total. The van der Waals surface area contributed by atoms with Crippen molar-refractivity contribution >= 4 is 21.6 Å². The third kappa shape index (κ3) is 3.90. The molecule has 1 aliphatic heterocycles. The summed E-state index contributed by atoms with van der Waals surface area (Å²) in [5.41, 5.74) is 0. The minimum atomic E-state index is -3.09. The van der Waals surface area contributed by atoms with Crippen LogP contribution in [0, 0.1) is 11.8 Å². The molecular formula is C11H22ClNO2S. The van der Waals surface area contributed by atoms with Crippen molar-refractivity contribution in [3.63, 3.8) is 0 Å². The van der Waals surface area contributed by atoms with Crippen LogP contribution in [-0.4, -0.2) is 36.9 Å². The first-order chi connectivity index (χ1) is 7.33. The summed E-state index contributed by atoms with van der Waals surface area (Å²) in [4.78, 5) is 0. The number of halogens is 1. The summed E-state index contributed by atoms with van der Waals surface area (Å²) in [6, 6.07) is 0. The van der Waals surface area contributed by atoms with Crippen LogP contribution >= 0.6 is 11.6 Å². The van der Waals surface area contributed by atoms with Crippen LogP contribution in [-0.2, 0) is 10.0 Å². The molecule has 0 bridgehead atoms. The molecular weight excluding hydrogens is 246 g/mol. The molecule has 0 amide bonds. The van der Waals surface area contributed by atoms with Gasteiger partial charge in [-0.1, -0.05) is 20.8 Å². The monoisotopic (exact) mass is 267 g/mol. The Morgan fingerprint density at radius 3 is 2.56 bits per heavy atom. The first-order valence-corrected chi connectivity index (χ1v) is 7.99. The molecule has 0 aromatic carbocycles. The van der Waals surface area contributed by atoms with E-state index < -0.39 is 10.0 Å². The first kappa shape index (κ1) is 14.3. The van der Waals surface area contributed by atoms with Crippen molar-refractivity contribution in [2.24, 2.45) is 11.8 Å². The minimum Gasteiger partial charge on any atom is -0.212 e. The zero-order chi connectivity index (χ0) is 12.3. The lowest BCUT2D eigenvalue weighted by Crippen LogP contribution is -2.44. The van der Waals surface area contributed by atoms with E-state index in [-0.39, 0.29) is 11.1 Å². The number of sulfonamides is 1. The number of hydrogen-bond donors (Lipinski definition) is 0. The van der Waals surface area contributed by atoms with Crippen LogP contribution in [0.15, 0.2) is 0 Å². The Hall–Kier alpha value is 0.200. The van der Waals surface area contributed by atoms with Crippen molar-refractivity contribution < 1.29 is 8.42 Å². The van der Waals surface area contributed by atoms with Crippen LogP contribution in [0.5, 0.6) is 0 Å². The molecule has 3 nitrogen and oxygen atoms in total. The average molecular weight is 268 g/mol. The van der Waals surface area contributed by atoms with Gasteiger partial charge < -0.3 is 0 Å². The summed E-state index contributed by atoms with van der Waals surface area (Å²) in [5.74, 6) is 1.09. The predicted molar refractivity (Wildman–Crippen MR) is 68.2 cm³/mol. The van der Waals surface area contributed by atoms with Crippen molar-refractivity contribution in [1.29, 1.82) is 0 Å². The fourth-order valence-corrected chi connectivity index (χ4v) is 3.93. The van der Waals surface area contributed by atoms with Gasteiger partial charge in [0.2, 0.25) is 10.0 Å². The van der Waals surface area contributed by atoms with Gasteiger partial charge in [0.05, 0.1) is 5.75 Å². The molecule has 1 aliphatic rings. The second-order valence-corrected chi connectivity index (χ2v) is 7.79. The fraction of sp³-hybridized carbons (Fsp3) is 1.00. The summed E-state index contributed by atoms with van der Waals surface area (Å²) in [6.45, 7) is 7.26. The van der Waals surface area contributed by atoms with E-state index in [0.717, 1.165) is 12.8 Å². The van der Waals surface area contributed by atoms with Gasteiger partial charge in [0.1, 0.15) is 0 Å². The van der Waals surface area contributed by atoms with Crippen LogP contribution in [0.1, 0.15) is 33.6 Å². The summed E-state index contributed by atoms with van der Waals surface area (Å²) >= 11 is 6.12. The van der Waals surface area contributed by atoms with Gasteiger partial charge in [-0.15, -0.1) is 11.6 Å². The molecule has 2 unspecified atom stereocenters. The molecule has 1 rings (SSSR count). The van der Waals surface area contributed by atoms with Crippen LogP contribution in [0.3, 0.4) is 0 Å². The summed E-state index contributed by atoms with van der Waals surface area (Å²) < 4.78 is 25.6. The van der Waals surface area contributed by atoms with E-state index in [1.165, 1.54) is 0 Å². The van der Waals surface area contributed by atoms with Gasteiger partial charge in [0, 0.05) is 18.5 Å². The van der Waals surface area contributed by atoms with Crippen LogP contribution in [0.2, 0.25) is 0 Å². The van der Waals surface area contributed by atoms with Crippen LogP contribution in [0.4, 0.5) is 0 Å². The SMILES string of the molecule is CC(C)CCS(=O)(=O)N1CCC(C)C(Cl)C1. The lowest BCUT2D eigenvalue weighted by molar-refractivity contribution is 0.292. The second kappa shape index (κ2) is 5.69. The van der Waals surface area contributed by atoms with E-state index >= 15 is 0 Å². The van der Waals surface area contributed by atoms with Crippen molar-refractivity contribution in [1.82, 2.24) is 4.31 Å². The molecule has 0 aromatic rings. The number of piperidine rings is 1. The highest BCUT2D eigenvalue weighted by atomic mass is 35.5. The van der Waals surface area contributed by atoms with E-state index in [4.69, 9.17) is 11.6 Å². The Morgan fingerprint density at radius 1 is 1.44 bits per heavy atom. The van der Waals surface area contributed by atoms with Gasteiger partial charge in [-0.3, -0.25) is 0 Å². The van der Waals surface area contributed by atoms with Gasteiger partial charge >= 0.3 is 0 Å². The van der Waals surface area contributed by atoms with Gasteiger partial charge in [-0.05, 0) is 24.7 Å². The van der Waals surface area contributed by atoms with Gasteiger partial charge in [0.25, 0.3) is 0 Å². The molecule has 0 saturated carbocycles. The third-order valence-electron chi connectivity index (χ3n) is 3.18. The summed E-state index contributed by atoms with van der Waals surface area (Å²) in [7, 11) is -3.09. The topological polar surface area (TPSA) is 37.4 Å². The maximum absolute atomic E-state index is 12.0. The largest absolute Gasteiger partial charge is 0.214 e. The molecule has 0 radical (unpaired) electrons. The molecule has 5 heteroatoms. The fourth-order valence-electron chi connectivity index (χ4n) is 1.76. The zero-order valence-corrected chi connectivity index (χ0v) is 11.9. The number of alkyl halides is 1. The molecule has 0 aromatic heterocycles. The van der Waals surface area contributed by atoms with E-state index in [1.54, 1.807) is 4.31 Å². The molecule has 96 valence electrons. The lowest BCUT2D eigenvalue weighted by Gasteiger charge is -2.33. The van der Waals surface area contributed by atoms with Crippen molar-refractivity contribution in [3.05, 3.63) is 0 Å². The molecule has 1 heterocycles. The highest BCUT2D eigenvalue weighted by Gasteiger charge is 2.31. The van der Waals surface area contributed by atoms with Crippen molar-refractivity contribution in [2.75, 3.05) is 18.8 Å². The number of rotatable bonds is 4. The highest BCUT2D eigenvalue weighted by Crippen LogP contribution is 2.24. The highest BCUT2D eigenvalue weighted by molar-refractivity contribution is 7.89.